The van der Waals surface area contributed by atoms with Crippen LogP contribution in [0.15, 0.2) is 30.3 Å². The average Bonchev–Trinajstić information content (AvgIpc) is 2.53. The third kappa shape index (κ3) is 3.20. The fraction of sp³-hybridized carbons (Fsp3) is 0.368. The highest BCUT2D eigenvalue weighted by molar-refractivity contribution is 5.51. The summed E-state index contributed by atoms with van der Waals surface area (Å²) in [5.74, 6) is 0.422. The van der Waals surface area contributed by atoms with E-state index in [9.17, 15) is 5.26 Å². The summed E-state index contributed by atoms with van der Waals surface area (Å²) in [5, 5.41) is 9.62. The Hall–Kier alpha value is -2.38. The van der Waals surface area contributed by atoms with Crippen molar-refractivity contribution in [3.8, 4) is 11.9 Å². The predicted molar refractivity (Wildman–Crippen MR) is 87.0 cm³/mol. The molecule has 0 radical (unpaired) electrons. The maximum Gasteiger partial charge on any atom is 0.232 e. The van der Waals surface area contributed by atoms with Crippen molar-refractivity contribution in [1.29, 1.82) is 5.26 Å². The zero-order chi connectivity index (χ0) is 16.4. The number of aromatic nitrogens is 1. The second-order valence-electron chi connectivity index (χ2n) is 6.45. The summed E-state index contributed by atoms with van der Waals surface area (Å²) in [6.07, 6.45) is 0.691. The zero-order valence-corrected chi connectivity index (χ0v) is 13.7. The molecular formula is C19H20N2O2. The number of nitrogens with zero attached hydrogens (tertiary/aromatic N) is 2. The van der Waals surface area contributed by atoms with Crippen LogP contribution in [0.25, 0.3) is 0 Å². The minimum absolute atomic E-state index is 0.275. The molecule has 1 aromatic carbocycles. The normalized spacial score (nSPS) is 15.6. The summed E-state index contributed by atoms with van der Waals surface area (Å²) < 4.78 is 11.7. The van der Waals surface area contributed by atoms with Gasteiger partial charge in [-0.05, 0) is 31.9 Å². The first kappa shape index (κ1) is 15.5. The van der Waals surface area contributed by atoms with Crippen molar-refractivity contribution in [3.05, 3.63) is 58.3 Å². The van der Waals surface area contributed by atoms with Gasteiger partial charge in [0.25, 0.3) is 0 Å². The Bertz CT molecular complexity index is 761. The number of fused-ring (bicyclic) bond motifs is 1. The quantitative estimate of drug-likeness (QED) is 0.867. The topological polar surface area (TPSA) is 55.1 Å². The fourth-order valence-electron chi connectivity index (χ4n) is 2.85. The lowest BCUT2D eigenvalue weighted by Crippen LogP contribution is -2.33. The van der Waals surface area contributed by atoms with E-state index >= 15 is 0 Å². The van der Waals surface area contributed by atoms with Gasteiger partial charge >= 0.3 is 0 Å². The Balaban J connectivity index is 1.95. The minimum atomic E-state index is -0.275. The summed E-state index contributed by atoms with van der Waals surface area (Å²) in [6, 6.07) is 12.2. The van der Waals surface area contributed by atoms with Gasteiger partial charge in [-0.25, -0.2) is 4.98 Å². The van der Waals surface area contributed by atoms with Gasteiger partial charge in [0.2, 0.25) is 5.88 Å². The highest BCUT2D eigenvalue weighted by Gasteiger charge is 2.31. The van der Waals surface area contributed by atoms with Crippen LogP contribution in [0.2, 0.25) is 0 Å². The number of rotatable bonds is 3. The number of benzene rings is 1. The molecule has 0 amide bonds. The zero-order valence-electron chi connectivity index (χ0n) is 13.7. The lowest BCUT2D eigenvalue weighted by molar-refractivity contribution is -0.0407. The largest absolute Gasteiger partial charge is 0.472 e. The molecule has 2 aromatic rings. The number of aryl methyl sites for hydroxylation is 1. The van der Waals surface area contributed by atoms with E-state index in [4.69, 9.17) is 9.47 Å². The van der Waals surface area contributed by atoms with Crippen LogP contribution >= 0.6 is 0 Å². The standard InChI is InChI=1S/C19H20N2O2/c1-13-17-12-23-19(2,3)9-15(17)16(10-20)18(21-13)22-11-14-7-5-4-6-8-14/h4-8H,9,11-12H2,1-3H3. The van der Waals surface area contributed by atoms with E-state index in [1.54, 1.807) is 0 Å². The van der Waals surface area contributed by atoms with Gasteiger partial charge < -0.3 is 9.47 Å². The van der Waals surface area contributed by atoms with Crippen LogP contribution in [0.3, 0.4) is 0 Å². The van der Waals surface area contributed by atoms with Crippen LogP contribution in [-0.4, -0.2) is 10.6 Å². The molecule has 23 heavy (non-hydrogen) atoms. The van der Waals surface area contributed by atoms with Crippen molar-refractivity contribution in [2.45, 2.75) is 46.0 Å². The molecule has 0 unspecified atom stereocenters. The molecule has 0 spiro atoms. The van der Waals surface area contributed by atoms with Gasteiger partial charge in [0, 0.05) is 17.7 Å². The summed E-state index contributed by atoms with van der Waals surface area (Å²) in [7, 11) is 0. The van der Waals surface area contributed by atoms with Gasteiger partial charge in [0.05, 0.1) is 12.2 Å². The van der Waals surface area contributed by atoms with Crippen molar-refractivity contribution in [2.75, 3.05) is 0 Å². The lowest BCUT2D eigenvalue weighted by atomic mass is 9.88. The lowest BCUT2D eigenvalue weighted by Gasteiger charge is -2.33. The van der Waals surface area contributed by atoms with E-state index in [2.05, 4.69) is 11.1 Å². The molecule has 2 heterocycles. The fourth-order valence-corrected chi connectivity index (χ4v) is 2.85. The third-order valence-corrected chi connectivity index (χ3v) is 4.13. The van der Waals surface area contributed by atoms with Crippen molar-refractivity contribution in [3.63, 3.8) is 0 Å². The molecule has 1 aromatic heterocycles. The molecule has 0 saturated heterocycles. The Morgan fingerprint density at radius 1 is 1.26 bits per heavy atom. The molecular weight excluding hydrogens is 288 g/mol. The minimum Gasteiger partial charge on any atom is -0.472 e. The molecule has 4 nitrogen and oxygen atoms in total. The number of nitriles is 1. The van der Waals surface area contributed by atoms with Crippen LogP contribution in [0.4, 0.5) is 0 Å². The second-order valence-corrected chi connectivity index (χ2v) is 6.45. The molecule has 1 aliphatic rings. The maximum atomic E-state index is 9.62. The smallest absolute Gasteiger partial charge is 0.232 e. The highest BCUT2D eigenvalue weighted by atomic mass is 16.5. The van der Waals surface area contributed by atoms with E-state index in [1.807, 2.05) is 51.1 Å². The van der Waals surface area contributed by atoms with E-state index in [1.165, 1.54) is 0 Å². The SMILES string of the molecule is Cc1nc(OCc2ccccc2)c(C#N)c2c1COC(C)(C)C2. The van der Waals surface area contributed by atoms with Gasteiger partial charge in [-0.15, -0.1) is 0 Å². The van der Waals surface area contributed by atoms with Crippen LogP contribution < -0.4 is 4.74 Å². The third-order valence-electron chi connectivity index (χ3n) is 4.13. The molecule has 3 rings (SSSR count). The molecule has 4 heteroatoms. The van der Waals surface area contributed by atoms with Gasteiger partial charge in [0.1, 0.15) is 18.2 Å². The Labute approximate surface area is 136 Å². The van der Waals surface area contributed by atoms with Crippen molar-refractivity contribution >= 4 is 0 Å². The molecule has 118 valence electrons. The number of hydrogen-bond acceptors (Lipinski definition) is 4. The van der Waals surface area contributed by atoms with Gasteiger partial charge in [-0.1, -0.05) is 30.3 Å². The van der Waals surface area contributed by atoms with Crippen LogP contribution in [-0.2, 0) is 24.4 Å². The summed E-state index contributed by atoms with van der Waals surface area (Å²) in [6.45, 7) is 6.92. The van der Waals surface area contributed by atoms with Crippen LogP contribution in [0.1, 0.15) is 41.8 Å². The highest BCUT2D eigenvalue weighted by Crippen LogP contribution is 2.34. The first-order valence-corrected chi connectivity index (χ1v) is 7.73. The summed E-state index contributed by atoms with van der Waals surface area (Å²) in [5.41, 5.74) is 4.23. The average molecular weight is 308 g/mol. The van der Waals surface area contributed by atoms with Gasteiger partial charge in [-0.2, -0.15) is 5.26 Å². The first-order valence-electron chi connectivity index (χ1n) is 7.73. The summed E-state index contributed by atoms with van der Waals surface area (Å²) in [4.78, 5) is 4.50. The van der Waals surface area contributed by atoms with Gasteiger partial charge in [-0.3, -0.25) is 0 Å². The van der Waals surface area contributed by atoms with Crippen LogP contribution in [0.5, 0.6) is 5.88 Å². The number of hydrogen-bond donors (Lipinski definition) is 0. The van der Waals surface area contributed by atoms with Gasteiger partial charge in [0.15, 0.2) is 0 Å². The molecule has 0 saturated carbocycles. The van der Waals surface area contributed by atoms with Crippen molar-refractivity contribution in [2.24, 2.45) is 0 Å². The molecule has 0 bridgehead atoms. The monoisotopic (exact) mass is 308 g/mol. The molecule has 0 N–H and O–H groups in total. The number of pyridine rings is 1. The predicted octanol–water partition coefficient (Wildman–Crippen LogP) is 3.69. The maximum absolute atomic E-state index is 9.62. The second kappa shape index (κ2) is 6.02. The Morgan fingerprint density at radius 2 is 2.00 bits per heavy atom. The number of ether oxygens (including phenoxy) is 2. The molecule has 0 atom stereocenters. The molecule has 0 fully saturated rings. The Morgan fingerprint density at radius 3 is 2.70 bits per heavy atom. The molecule has 0 aliphatic carbocycles. The van der Waals surface area contributed by atoms with E-state index in [0.29, 0.717) is 31.1 Å². The van der Waals surface area contributed by atoms with E-state index in [0.717, 1.165) is 22.4 Å². The van der Waals surface area contributed by atoms with Crippen molar-refractivity contribution in [1.82, 2.24) is 4.98 Å². The summed E-state index contributed by atoms with van der Waals surface area (Å²) >= 11 is 0. The Kier molecular flexibility index (Phi) is 4.06. The molecule has 1 aliphatic heterocycles. The van der Waals surface area contributed by atoms with Crippen molar-refractivity contribution < 1.29 is 9.47 Å². The van der Waals surface area contributed by atoms with Crippen LogP contribution in [0, 0.1) is 18.3 Å². The first-order chi connectivity index (χ1) is 11.0. The van der Waals surface area contributed by atoms with E-state index in [-0.39, 0.29) is 5.60 Å². The van der Waals surface area contributed by atoms with E-state index < -0.39 is 0 Å².